The Bertz CT molecular complexity index is 253. The largest absolute Gasteiger partial charge is 0.378 e. The van der Waals surface area contributed by atoms with E-state index in [0.29, 0.717) is 0 Å². The third-order valence-electron chi connectivity index (χ3n) is 2.09. The number of aryl methyl sites for hydroxylation is 1. The summed E-state index contributed by atoms with van der Waals surface area (Å²) < 4.78 is 7.29. The zero-order chi connectivity index (χ0) is 8.39. The predicted molar refractivity (Wildman–Crippen MR) is 46.2 cm³/mol. The van der Waals surface area contributed by atoms with E-state index in [4.69, 9.17) is 4.74 Å². The van der Waals surface area contributed by atoms with Gasteiger partial charge in [-0.2, -0.15) is 0 Å². The highest BCUT2D eigenvalue weighted by Crippen LogP contribution is 2.10. The molecule has 0 aliphatic carbocycles. The number of hydrogen-bond acceptors (Lipinski definition) is 3. The molecule has 0 saturated carbocycles. The first kappa shape index (κ1) is 7.61. The molecule has 0 N–H and O–H groups in total. The smallest absolute Gasteiger partial charge is 0.205 e. The molecule has 12 heavy (non-hydrogen) atoms. The molecule has 1 aromatic rings. The van der Waals surface area contributed by atoms with Crippen molar-refractivity contribution in [1.82, 2.24) is 9.55 Å². The van der Waals surface area contributed by atoms with Crippen LogP contribution in [0.4, 0.5) is 5.95 Å². The van der Waals surface area contributed by atoms with Gasteiger partial charge in [-0.1, -0.05) is 0 Å². The molecule has 1 fully saturated rings. The van der Waals surface area contributed by atoms with E-state index < -0.39 is 0 Å². The Labute approximate surface area is 71.8 Å². The molecule has 0 aromatic carbocycles. The van der Waals surface area contributed by atoms with E-state index in [1.54, 1.807) is 0 Å². The fourth-order valence-corrected chi connectivity index (χ4v) is 1.43. The van der Waals surface area contributed by atoms with E-state index in [2.05, 4.69) is 9.88 Å². The zero-order valence-electron chi connectivity index (χ0n) is 7.23. The van der Waals surface area contributed by atoms with Crippen molar-refractivity contribution in [2.45, 2.75) is 0 Å². The van der Waals surface area contributed by atoms with Crippen LogP contribution in [0.1, 0.15) is 0 Å². The maximum absolute atomic E-state index is 5.26. The van der Waals surface area contributed by atoms with Gasteiger partial charge in [0.25, 0.3) is 0 Å². The molecule has 0 atom stereocenters. The van der Waals surface area contributed by atoms with E-state index in [-0.39, 0.29) is 0 Å². The van der Waals surface area contributed by atoms with E-state index in [9.17, 15) is 0 Å². The highest BCUT2D eigenvalue weighted by molar-refractivity contribution is 5.31. The minimum Gasteiger partial charge on any atom is -0.378 e. The molecule has 2 heterocycles. The molecule has 0 amide bonds. The van der Waals surface area contributed by atoms with E-state index in [1.807, 2.05) is 24.0 Å². The molecule has 0 unspecified atom stereocenters. The summed E-state index contributed by atoms with van der Waals surface area (Å²) in [6.45, 7) is 3.52. The quantitative estimate of drug-likeness (QED) is 0.601. The van der Waals surface area contributed by atoms with Crippen LogP contribution in [0.15, 0.2) is 12.4 Å². The van der Waals surface area contributed by atoms with Crippen LogP contribution < -0.4 is 4.90 Å². The Balaban J connectivity index is 2.13. The number of nitrogens with zero attached hydrogens (tertiary/aromatic N) is 3. The molecule has 4 heteroatoms. The van der Waals surface area contributed by atoms with Gasteiger partial charge < -0.3 is 14.2 Å². The fraction of sp³-hybridized carbons (Fsp3) is 0.625. The predicted octanol–water partition coefficient (Wildman–Crippen LogP) is 0.257. The Morgan fingerprint density at radius 2 is 2.17 bits per heavy atom. The minimum atomic E-state index is 0.812. The average Bonchev–Trinajstić information content (AvgIpc) is 2.53. The molecule has 1 aliphatic heterocycles. The summed E-state index contributed by atoms with van der Waals surface area (Å²) in [5.74, 6) is 1.04. The molecule has 1 aromatic heterocycles. The van der Waals surface area contributed by atoms with Gasteiger partial charge in [0.05, 0.1) is 13.2 Å². The molecule has 66 valence electrons. The number of anilines is 1. The Morgan fingerprint density at radius 1 is 1.42 bits per heavy atom. The molecular weight excluding hydrogens is 154 g/mol. The Hall–Kier alpha value is -1.03. The molecule has 1 aliphatic rings. The third-order valence-corrected chi connectivity index (χ3v) is 2.09. The minimum absolute atomic E-state index is 0.812. The maximum atomic E-state index is 5.26. The van der Waals surface area contributed by atoms with Gasteiger partial charge >= 0.3 is 0 Å². The van der Waals surface area contributed by atoms with Crippen LogP contribution in [0, 0.1) is 0 Å². The lowest BCUT2D eigenvalue weighted by molar-refractivity contribution is 0.122. The van der Waals surface area contributed by atoms with Gasteiger partial charge in [0.15, 0.2) is 0 Å². The summed E-state index contributed by atoms with van der Waals surface area (Å²) in [7, 11) is 2.01. The van der Waals surface area contributed by atoms with Crippen molar-refractivity contribution in [3.63, 3.8) is 0 Å². The van der Waals surface area contributed by atoms with Crippen LogP contribution in [0.3, 0.4) is 0 Å². The lowest BCUT2D eigenvalue weighted by Gasteiger charge is -2.27. The van der Waals surface area contributed by atoms with Crippen molar-refractivity contribution in [3.8, 4) is 0 Å². The van der Waals surface area contributed by atoms with Crippen molar-refractivity contribution in [1.29, 1.82) is 0 Å². The van der Waals surface area contributed by atoms with Gasteiger partial charge in [-0.25, -0.2) is 4.98 Å². The summed E-state index contributed by atoms with van der Waals surface area (Å²) in [6, 6.07) is 0. The number of morpholine rings is 1. The van der Waals surface area contributed by atoms with Crippen LogP contribution in [-0.2, 0) is 11.8 Å². The van der Waals surface area contributed by atoms with Crippen molar-refractivity contribution < 1.29 is 4.74 Å². The number of aromatic nitrogens is 2. The second-order valence-corrected chi connectivity index (χ2v) is 2.94. The van der Waals surface area contributed by atoms with Gasteiger partial charge in [-0.15, -0.1) is 0 Å². The monoisotopic (exact) mass is 167 g/mol. The number of ether oxygens (including phenoxy) is 1. The fourth-order valence-electron chi connectivity index (χ4n) is 1.43. The summed E-state index contributed by atoms with van der Waals surface area (Å²) in [6.07, 6.45) is 3.79. The van der Waals surface area contributed by atoms with Crippen molar-refractivity contribution in [2.24, 2.45) is 7.05 Å². The number of imidazole rings is 1. The molecule has 4 nitrogen and oxygen atoms in total. The lowest BCUT2D eigenvalue weighted by atomic mass is 10.4. The maximum Gasteiger partial charge on any atom is 0.205 e. The van der Waals surface area contributed by atoms with Gasteiger partial charge in [-0.05, 0) is 0 Å². The van der Waals surface area contributed by atoms with Gasteiger partial charge in [-0.3, -0.25) is 0 Å². The van der Waals surface area contributed by atoms with Crippen molar-refractivity contribution in [2.75, 3.05) is 31.2 Å². The van der Waals surface area contributed by atoms with E-state index in [0.717, 1.165) is 32.3 Å². The third kappa shape index (κ3) is 1.30. The first-order chi connectivity index (χ1) is 5.88. The molecule has 0 radical (unpaired) electrons. The summed E-state index contributed by atoms with van der Waals surface area (Å²) in [4.78, 5) is 6.51. The highest BCUT2D eigenvalue weighted by atomic mass is 16.5. The summed E-state index contributed by atoms with van der Waals surface area (Å²) >= 11 is 0. The first-order valence-corrected chi connectivity index (χ1v) is 4.18. The Kier molecular flexibility index (Phi) is 1.99. The van der Waals surface area contributed by atoms with Crippen molar-refractivity contribution >= 4 is 5.95 Å². The van der Waals surface area contributed by atoms with Crippen LogP contribution in [0.25, 0.3) is 0 Å². The van der Waals surface area contributed by atoms with Gasteiger partial charge in [0, 0.05) is 32.5 Å². The van der Waals surface area contributed by atoms with Crippen LogP contribution in [0.5, 0.6) is 0 Å². The van der Waals surface area contributed by atoms with E-state index >= 15 is 0 Å². The summed E-state index contributed by atoms with van der Waals surface area (Å²) in [5, 5.41) is 0. The zero-order valence-corrected chi connectivity index (χ0v) is 7.23. The lowest BCUT2D eigenvalue weighted by Crippen LogP contribution is -2.37. The highest BCUT2D eigenvalue weighted by Gasteiger charge is 2.13. The topological polar surface area (TPSA) is 30.3 Å². The molecule has 0 bridgehead atoms. The SMILES string of the molecule is Cn1ccnc1N1CCOCC1. The molecule has 2 rings (SSSR count). The van der Waals surface area contributed by atoms with Gasteiger partial charge in [0.1, 0.15) is 0 Å². The van der Waals surface area contributed by atoms with Crippen LogP contribution >= 0.6 is 0 Å². The standard InChI is InChI=1S/C8H13N3O/c1-10-3-2-9-8(10)11-4-6-12-7-5-11/h2-3H,4-7H2,1H3. The van der Waals surface area contributed by atoms with E-state index in [1.165, 1.54) is 0 Å². The van der Waals surface area contributed by atoms with Crippen LogP contribution in [-0.4, -0.2) is 35.9 Å². The molecule has 1 saturated heterocycles. The van der Waals surface area contributed by atoms with Crippen LogP contribution in [0.2, 0.25) is 0 Å². The first-order valence-electron chi connectivity index (χ1n) is 4.18. The number of hydrogen-bond donors (Lipinski definition) is 0. The Morgan fingerprint density at radius 3 is 2.75 bits per heavy atom. The van der Waals surface area contributed by atoms with Crippen molar-refractivity contribution in [3.05, 3.63) is 12.4 Å². The normalized spacial score (nSPS) is 18.2. The molecular formula is C8H13N3O. The van der Waals surface area contributed by atoms with Gasteiger partial charge in [0.2, 0.25) is 5.95 Å². The number of rotatable bonds is 1. The average molecular weight is 167 g/mol. The second kappa shape index (κ2) is 3.15. The molecule has 0 spiro atoms. The summed E-state index contributed by atoms with van der Waals surface area (Å²) in [5.41, 5.74) is 0. The second-order valence-electron chi connectivity index (χ2n) is 2.94.